The number of nitrogens with zero attached hydrogens (tertiary/aromatic N) is 4. The molecule has 4 heterocycles. The molecule has 0 spiro atoms. The number of esters is 1. The summed E-state index contributed by atoms with van der Waals surface area (Å²) in [7, 11) is 0. The zero-order valence-corrected chi connectivity index (χ0v) is 18.4. The normalized spacial score (nSPS) is 18.2. The second-order valence-electron chi connectivity index (χ2n) is 8.43. The van der Waals surface area contributed by atoms with Crippen molar-refractivity contribution in [3.05, 3.63) is 47.4 Å². The lowest BCUT2D eigenvalue weighted by Crippen LogP contribution is -2.60. The number of ether oxygens (including phenoxy) is 1. The minimum Gasteiger partial charge on any atom is -0.461 e. The van der Waals surface area contributed by atoms with E-state index in [2.05, 4.69) is 25.5 Å². The molecule has 2 aliphatic heterocycles. The minimum absolute atomic E-state index is 0.143. The monoisotopic (exact) mass is 462 g/mol. The molecule has 0 aliphatic carbocycles. The Morgan fingerprint density at radius 2 is 2.09 bits per heavy atom. The van der Waals surface area contributed by atoms with Crippen molar-refractivity contribution in [1.82, 2.24) is 25.5 Å². The number of nitrogens with one attached hydrogen (secondary N) is 2. The molecule has 2 saturated heterocycles. The average Bonchev–Trinajstić information content (AvgIpc) is 3.24. The number of aromatic nitrogens is 4. The van der Waals surface area contributed by atoms with Gasteiger partial charge in [0.05, 0.1) is 23.1 Å². The van der Waals surface area contributed by atoms with Gasteiger partial charge in [0.15, 0.2) is 6.04 Å². The largest absolute Gasteiger partial charge is 0.461 e. The Bertz CT molecular complexity index is 1450. The number of halogens is 1. The van der Waals surface area contributed by atoms with Crippen LogP contribution in [0.15, 0.2) is 36.8 Å². The highest BCUT2D eigenvalue weighted by Crippen LogP contribution is 2.39. The van der Waals surface area contributed by atoms with E-state index in [-0.39, 0.29) is 24.4 Å². The smallest absolute Gasteiger partial charge is 0.332 e. The molecule has 2 aliphatic rings. The Labute approximate surface area is 193 Å². The Morgan fingerprint density at radius 3 is 2.85 bits per heavy atom. The lowest BCUT2D eigenvalue weighted by molar-refractivity contribution is -0.165. The van der Waals surface area contributed by atoms with Crippen molar-refractivity contribution in [1.29, 1.82) is 0 Å². The maximum Gasteiger partial charge on any atom is 0.332 e. The highest BCUT2D eigenvalue weighted by atomic mass is 35.5. The third-order valence-electron chi connectivity index (χ3n) is 6.35. The predicted molar refractivity (Wildman–Crippen MR) is 123 cm³/mol. The van der Waals surface area contributed by atoms with Crippen molar-refractivity contribution < 1.29 is 14.3 Å². The highest BCUT2D eigenvalue weighted by molar-refractivity contribution is 6.35. The van der Waals surface area contributed by atoms with Gasteiger partial charge in [-0.05, 0) is 36.2 Å². The molecule has 2 aromatic heterocycles. The van der Waals surface area contributed by atoms with Gasteiger partial charge in [-0.1, -0.05) is 17.7 Å². The van der Waals surface area contributed by atoms with Crippen LogP contribution in [-0.2, 0) is 14.3 Å². The van der Waals surface area contributed by atoms with Crippen molar-refractivity contribution in [3.8, 4) is 11.1 Å². The van der Waals surface area contributed by atoms with Gasteiger partial charge in [0.2, 0.25) is 5.91 Å². The second-order valence-corrected chi connectivity index (χ2v) is 8.84. The number of carbonyl (C=O) groups excluding carboxylic acids is 2. The van der Waals surface area contributed by atoms with E-state index in [9.17, 15) is 9.59 Å². The van der Waals surface area contributed by atoms with E-state index in [4.69, 9.17) is 16.3 Å². The third kappa shape index (κ3) is 3.19. The van der Waals surface area contributed by atoms with Gasteiger partial charge in [-0.25, -0.2) is 14.8 Å². The van der Waals surface area contributed by atoms with Gasteiger partial charge in [-0.3, -0.25) is 9.89 Å². The fourth-order valence-corrected chi connectivity index (χ4v) is 4.69. The van der Waals surface area contributed by atoms with E-state index < -0.39 is 6.04 Å². The summed E-state index contributed by atoms with van der Waals surface area (Å²) in [6.07, 6.45) is 3.33. The summed E-state index contributed by atoms with van der Waals surface area (Å²) in [4.78, 5) is 34.6. The van der Waals surface area contributed by atoms with Crippen molar-refractivity contribution in [2.24, 2.45) is 5.92 Å². The molecule has 10 heteroatoms. The van der Waals surface area contributed by atoms with Crippen LogP contribution >= 0.6 is 11.6 Å². The third-order valence-corrected chi connectivity index (χ3v) is 6.66. The number of aryl methyl sites for hydroxylation is 1. The van der Waals surface area contributed by atoms with Gasteiger partial charge < -0.3 is 15.0 Å². The van der Waals surface area contributed by atoms with Crippen LogP contribution in [0.3, 0.4) is 0 Å². The molecule has 0 unspecified atom stereocenters. The number of fused-ring (bicyclic) bond motifs is 2. The van der Waals surface area contributed by atoms with Crippen LogP contribution in [0.1, 0.15) is 5.56 Å². The first-order chi connectivity index (χ1) is 16.0. The lowest BCUT2D eigenvalue weighted by Gasteiger charge is -2.40. The fraction of sp³-hybridized carbons (Fsp3) is 0.261. The van der Waals surface area contributed by atoms with Crippen LogP contribution < -0.4 is 10.2 Å². The van der Waals surface area contributed by atoms with E-state index in [0.717, 1.165) is 44.3 Å². The number of carbonyl (C=O) groups is 2. The van der Waals surface area contributed by atoms with Crippen LogP contribution in [0.5, 0.6) is 0 Å². The highest BCUT2D eigenvalue weighted by Gasteiger charge is 2.39. The molecule has 0 radical (unpaired) electrons. The Morgan fingerprint density at radius 1 is 1.24 bits per heavy atom. The van der Waals surface area contributed by atoms with Crippen LogP contribution in [0.4, 0.5) is 5.82 Å². The quantitative estimate of drug-likeness (QED) is 0.448. The SMILES string of the molecule is Cc1ccc2[nH]ncc2c1-c1cc2ncnc(N3CC(C(=O)N[C@H]4COC4=O)C3)c2cc1Cl. The number of aromatic amines is 1. The van der Waals surface area contributed by atoms with Gasteiger partial charge in [-0.15, -0.1) is 0 Å². The number of amides is 1. The molecule has 1 amide bonds. The number of benzene rings is 2. The summed E-state index contributed by atoms with van der Waals surface area (Å²) in [6, 6.07) is 7.38. The van der Waals surface area contributed by atoms with E-state index in [0.29, 0.717) is 18.1 Å². The van der Waals surface area contributed by atoms with E-state index >= 15 is 0 Å². The molecule has 0 bridgehead atoms. The number of hydrogen-bond acceptors (Lipinski definition) is 7. The average molecular weight is 463 g/mol. The molecule has 166 valence electrons. The Hall–Kier alpha value is -3.72. The molecule has 2 fully saturated rings. The van der Waals surface area contributed by atoms with Gasteiger partial charge >= 0.3 is 5.97 Å². The fourth-order valence-electron chi connectivity index (χ4n) is 4.43. The van der Waals surface area contributed by atoms with Crippen molar-refractivity contribution in [2.75, 3.05) is 24.6 Å². The van der Waals surface area contributed by atoms with E-state index in [1.54, 1.807) is 6.20 Å². The van der Waals surface area contributed by atoms with Crippen LogP contribution in [0.2, 0.25) is 5.02 Å². The number of H-pyrrole nitrogens is 1. The first kappa shape index (κ1) is 19.9. The number of rotatable bonds is 4. The number of anilines is 1. The molecule has 33 heavy (non-hydrogen) atoms. The molecular weight excluding hydrogens is 444 g/mol. The molecule has 0 saturated carbocycles. The van der Waals surface area contributed by atoms with Crippen molar-refractivity contribution >= 4 is 51.1 Å². The van der Waals surface area contributed by atoms with Gasteiger partial charge in [0.1, 0.15) is 18.8 Å². The lowest BCUT2D eigenvalue weighted by atomic mass is 9.95. The topological polar surface area (TPSA) is 113 Å². The van der Waals surface area contributed by atoms with Gasteiger partial charge in [-0.2, -0.15) is 5.10 Å². The van der Waals surface area contributed by atoms with Crippen molar-refractivity contribution in [2.45, 2.75) is 13.0 Å². The standard InChI is InChI=1S/C23H19ClN6O3/c1-11-2-3-17-15(6-27-29-17)20(11)13-5-18-14(4-16(13)24)21(26-10-25-18)30-7-12(8-30)22(31)28-19-9-33-23(19)32/h2-6,10,12,19H,7-9H2,1H3,(H,27,29)(H,28,31)/t19-/m0/s1. The van der Waals surface area contributed by atoms with Gasteiger partial charge in [0.25, 0.3) is 0 Å². The first-order valence-corrected chi connectivity index (χ1v) is 11.0. The molecule has 9 nitrogen and oxygen atoms in total. The summed E-state index contributed by atoms with van der Waals surface area (Å²) in [6.45, 7) is 3.30. The summed E-state index contributed by atoms with van der Waals surface area (Å²) in [5.41, 5.74) is 4.70. The Kier molecular flexibility index (Phi) is 4.48. The van der Waals surface area contributed by atoms with Crippen LogP contribution in [-0.4, -0.2) is 57.8 Å². The predicted octanol–water partition coefficient (Wildman–Crippen LogP) is 2.61. The van der Waals surface area contributed by atoms with Gasteiger partial charge in [0, 0.05) is 34.4 Å². The summed E-state index contributed by atoms with van der Waals surface area (Å²) >= 11 is 6.77. The molecule has 2 aromatic carbocycles. The van der Waals surface area contributed by atoms with E-state index in [1.165, 1.54) is 6.33 Å². The number of cyclic esters (lactones) is 1. The summed E-state index contributed by atoms with van der Waals surface area (Å²) < 4.78 is 4.69. The molecule has 4 aromatic rings. The molecule has 1 atom stereocenters. The zero-order chi connectivity index (χ0) is 22.7. The van der Waals surface area contributed by atoms with E-state index in [1.807, 2.05) is 36.1 Å². The maximum absolute atomic E-state index is 12.4. The minimum atomic E-state index is -0.521. The number of hydrogen-bond donors (Lipinski definition) is 2. The van der Waals surface area contributed by atoms with Crippen LogP contribution in [0.25, 0.3) is 32.9 Å². The first-order valence-electron chi connectivity index (χ1n) is 10.6. The summed E-state index contributed by atoms with van der Waals surface area (Å²) in [5, 5.41) is 12.3. The zero-order valence-electron chi connectivity index (χ0n) is 17.6. The second kappa shape index (κ2) is 7.41. The summed E-state index contributed by atoms with van der Waals surface area (Å²) in [5.74, 6) is 0.00156. The molecular formula is C23H19ClN6O3. The molecule has 2 N–H and O–H groups in total. The Balaban J connectivity index is 1.31. The molecule has 6 rings (SSSR count). The van der Waals surface area contributed by atoms with Crippen molar-refractivity contribution in [3.63, 3.8) is 0 Å². The maximum atomic E-state index is 12.4. The van der Waals surface area contributed by atoms with Crippen LogP contribution in [0, 0.1) is 12.8 Å².